The highest BCUT2D eigenvalue weighted by atomic mass is 35.5. The van der Waals surface area contributed by atoms with E-state index in [-0.39, 0.29) is 6.03 Å². The molecule has 0 fully saturated rings. The molecule has 0 radical (unpaired) electrons. The van der Waals surface area contributed by atoms with E-state index in [0.29, 0.717) is 63.3 Å². The molecule has 39 heavy (non-hydrogen) atoms. The Bertz CT molecular complexity index is 1430. The number of methoxy groups -OCH3 is 2. The molecular formula is C30H27Cl3N2O4. The van der Waals surface area contributed by atoms with Crippen LogP contribution in [0.2, 0.25) is 15.1 Å². The highest BCUT2D eigenvalue weighted by molar-refractivity contribution is 6.36. The third-order valence-corrected chi connectivity index (χ3v) is 6.70. The molecule has 4 aromatic carbocycles. The van der Waals surface area contributed by atoms with Gasteiger partial charge >= 0.3 is 6.03 Å². The van der Waals surface area contributed by atoms with Gasteiger partial charge in [0, 0.05) is 23.1 Å². The average Bonchev–Trinajstić information content (AvgIpc) is 2.93. The van der Waals surface area contributed by atoms with Crippen molar-refractivity contribution in [2.75, 3.05) is 26.1 Å². The SMILES string of the molecule is COc1ccc(CCN(Cc2cccc(Oc3ccc(Cl)cc3)c2)C(=O)Nc2ccc(Cl)cc2Cl)cc1OC. The standard InChI is InChI=1S/C30H27Cl3N2O4/c1-37-28-13-6-20(17-29(28)38-2)14-15-35(30(36)34-27-12-9-23(32)18-26(27)33)19-21-4-3-5-25(16-21)39-24-10-7-22(31)8-11-24/h3-13,16-18H,14-15,19H2,1-2H3,(H,34,36). The van der Waals surface area contributed by atoms with Crippen molar-refractivity contribution in [1.82, 2.24) is 4.90 Å². The number of amides is 2. The maximum atomic E-state index is 13.4. The van der Waals surface area contributed by atoms with Crippen molar-refractivity contribution in [3.05, 3.63) is 111 Å². The summed E-state index contributed by atoms with van der Waals surface area (Å²) < 4.78 is 16.8. The number of carbonyl (C=O) groups excluding carboxylic acids is 1. The summed E-state index contributed by atoms with van der Waals surface area (Å²) in [6, 6.07) is 25.1. The topological polar surface area (TPSA) is 60.0 Å². The van der Waals surface area contributed by atoms with E-state index >= 15 is 0 Å². The van der Waals surface area contributed by atoms with Gasteiger partial charge in [-0.3, -0.25) is 0 Å². The minimum atomic E-state index is -0.302. The number of nitrogens with zero attached hydrogens (tertiary/aromatic N) is 1. The summed E-state index contributed by atoms with van der Waals surface area (Å²) in [5, 5.41) is 4.38. The van der Waals surface area contributed by atoms with E-state index < -0.39 is 0 Å². The Balaban J connectivity index is 1.54. The Kier molecular flexibility index (Phi) is 9.82. The monoisotopic (exact) mass is 584 g/mol. The molecule has 4 rings (SSSR count). The van der Waals surface area contributed by atoms with Crippen LogP contribution in [0, 0.1) is 0 Å². The van der Waals surface area contributed by atoms with E-state index in [1.54, 1.807) is 61.6 Å². The lowest BCUT2D eigenvalue weighted by Gasteiger charge is -2.24. The van der Waals surface area contributed by atoms with E-state index in [4.69, 9.17) is 49.0 Å². The number of benzene rings is 4. The van der Waals surface area contributed by atoms with Crippen molar-refractivity contribution in [3.8, 4) is 23.0 Å². The van der Waals surface area contributed by atoms with Gasteiger partial charge in [-0.05, 0) is 84.3 Å². The van der Waals surface area contributed by atoms with E-state index in [2.05, 4.69) is 5.32 Å². The highest BCUT2D eigenvalue weighted by Gasteiger charge is 2.17. The Morgan fingerprint density at radius 2 is 1.51 bits per heavy atom. The first-order valence-corrected chi connectivity index (χ1v) is 13.2. The van der Waals surface area contributed by atoms with Crippen LogP contribution in [0.1, 0.15) is 11.1 Å². The molecule has 2 amide bonds. The molecule has 0 spiro atoms. The normalized spacial score (nSPS) is 10.6. The summed E-state index contributed by atoms with van der Waals surface area (Å²) in [6.07, 6.45) is 0.586. The Hall–Kier alpha value is -3.58. The number of hydrogen-bond acceptors (Lipinski definition) is 4. The zero-order valence-electron chi connectivity index (χ0n) is 21.4. The van der Waals surface area contributed by atoms with Crippen molar-refractivity contribution in [3.63, 3.8) is 0 Å². The van der Waals surface area contributed by atoms with Crippen LogP contribution in [0.3, 0.4) is 0 Å². The van der Waals surface area contributed by atoms with Gasteiger partial charge < -0.3 is 24.4 Å². The molecule has 6 nitrogen and oxygen atoms in total. The van der Waals surface area contributed by atoms with Crippen molar-refractivity contribution >= 4 is 46.5 Å². The van der Waals surface area contributed by atoms with Crippen molar-refractivity contribution < 1.29 is 19.0 Å². The zero-order valence-corrected chi connectivity index (χ0v) is 23.7. The van der Waals surface area contributed by atoms with Crippen LogP contribution >= 0.6 is 34.8 Å². The molecule has 1 N–H and O–H groups in total. The smallest absolute Gasteiger partial charge is 0.322 e. The predicted octanol–water partition coefficient (Wildman–Crippen LogP) is 8.73. The molecule has 0 aliphatic rings. The second-order valence-electron chi connectivity index (χ2n) is 8.62. The molecule has 0 bridgehead atoms. The van der Waals surface area contributed by atoms with Crippen molar-refractivity contribution in [1.29, 1.82) is 0 Å². The number of hydrogen-bond donors (Lipinski definition) is 1. The largest absolute Gasteiger partial charge is 0.493 e. The lowest BCUT2D eigenvalue weighted by atomic mass is 10.1. The van der Waals surface area contributed by atoms with Gasteiger partial charge in [0.25, 0.3) is 0 Å². The average molecular weight is 586 g/mol. The molecule has 0 aromatic heterocycles. The fourth-order valence-electron chi connectivity index (χ4n) is 3.90. The lowest BCUT2D eigenvalue weighted by Crippen LogP contribution is -2.36. The van der Waals surface area contributed by atoms with Gasteiger partial charge in [-0.1, -0.05) is 53.0 Å². The number of anilines is 1. The fourth-order valence-corrected chi connectivity index (χ4v) is 4.49. The molecular weight excluding hydrogens is 559 g/mol. The van der Waals surface area contributed by atoms with Crippen LogP contribution in [0.25, 0.3) is 0 Å². The number of nitrogens with one attached hydrogen (secondary N) is 1. The number of rotatable bonds is 10. The number of ether oxygens (including phenoxy) is 3. The van der Waals surface area contributed by atoms with E-state index in [1.165, 1.54) is 0 Å². The van der Waals surface area contributed by atoms with Gasteiger partial charge in [0.2, 0.25) is 0 Å². The first-order chi connectivity index (χ1) is 18.8. The molecule has 0 atom stereocenters. The van der Waals surface area contributed by atoms with Crippen LogP contribution < -0.4 is 19.5 Å². The molecule has 0 saturated heterocycles. The summed E-state index contributed by atoms with van der Waals surface area (Å²) in [5.41, 5.74) is 2.36. The van der Waals surface area contributed by atoms with Crippen molar-refractivity contribution in [2.24, 2.45) is 0 Å². The first-order valence-electron chi connectivity index (χ1n) is 12.1. The first kappa shape index (κ1) is 28.4. The molecule has 0 unspecified atom stereocenters. The van der Waals surface area contributed by atoms with Crippen LogP contribution in [0.15, 0.2) is 84.9 Å². The van der Waals surface area contributed by atoms with Crippen LogP contribution in [0.4, 0.5) is 10.5 Å². The summed E-state index contributed by atoms with van der Waals surface area (Å²) in [6.45, 7) is 0.761. The molecule has 0 saturated carbocycles. The number of carbonyl (C=O) groups is 1. The summed E-state index contributed by atoms with van der Waals surface area (Å²) in [7, 11) is 3.19. The van der Waals surface area contributed by atoms with Gasteiger partial charge in [-0.25, -0.2) is 4.79 Å². The second-order valence-corrected chi connectivity index (χ2v) is 9.90. The van der Waals surface area contributed by atoms with Gasteiger partial charge in [-0.2, -0.15) is 0 Å². The fraction of sp³-hybridized carbons (Fsp3) is 0.167. The summed E-state index contributed by atoms with van der Waals surface area (Å²) in [4.78, 5) is 15.2. The zero-order chi connectivity index (χ0) is 27.8. The molecule has 0 aliphatic carbocycles. The third kappa shape index (κ3) is 7.96. The Labute approximate surface area is 243 Å². The molecule has 0 aliphatic heterocycles. The van der Waals surface area contributed by atoms with E-state index in [1.807, 2.05) is 42.5 Å². The van der Waals surface area contributed by atoms with Gasteiger partial charge in [0.1, 0.15) is 11.5 Å². The molecule has 4 aromatic rings. The third-order valence-electron chi connectivity index (χ3n) is 5.90. The predicted molar refractivity (Wildman–Crippen MR) is 157 cm³/mol. The Morgan fingerprint density at radius 1 is 0.769 bits per heavy atom. The maximum absolute atomic E-state index is 13.4. The Morgan fingerprint density at radius 3 is 2.23 bits per heavy atom. The highest BCUT2D eigenvalue weighted by Crippen LogP contribution is 2.29. The summed E-state index contributed by atoms with van der Waals surface area (Å²) >= 11 is 18.3. The minimum absolute atomic E-state index is 0.302. The number of urea groups is 1. The van der Waals surface area contributed by atoms with E-state index in [0.717, 1.165) is 11.1 Å². The maximum Gasteiger partial charge on any atom is 0.322 e. The van der Waals surface area contributed by atoms with E-state index in [9.17, 15) is 4.79 Å². The summed E-state index contributed by atoms with van der Waals surface area (Å²) in [5.74, 6) is 2.59. The van der Waals surface area contributed by atoms with Gasteiger partial charge in [0.05, 0.1) is 24.9 Å². The van der Waals surface area contributed by atoms with Crippen LogP contribution in [-0.4, -0.2) is 31.7 Å². The van der Waals surface area contributed by atoms with Gasteiger partial charge in [0.15, 0.2) is 11.5 Å². The van der Waals surface area contributed by atoms with Crippen LogP contribution in [-0.2, 0) is 13.0 Å². The number of halogens is 3. The van der Waals surface area contributed by atoms with Crippen LogP contribution in [0.5, 0.6) is 23.0 Å². The molecule has 0 heterocycles. The lowest BCUT2D eigenvalue weighted by molar-refractivity contribution is 0.209. The molecule has 9 heteroatoms. The quantitative estimate of drug-likeness (QED) is 0.202. The van der Waals surface area contributed by atoms with Gasteiger partial charge in [-0.15, -0.1) is 0 Å². The molecule has 202 valence electrons. The minimum Gasteiger partial charge on any atom is -0.493 e. The van der Waals surface area contributed by atoms with Crippen molar-refractivity contribution in [2.45, 2.75) is 13.0 Å². The second kappa shape index (κ2) is 13.5.